The number of benzene rings is 4. The van der Waals surface area contributed by atoms with E-state index < -0.39 is 0 Å². The Morgan fingerprint density at radius 1 is 0.736 bits per heavy atom. The Kier molecular flexibility index (Phi) is 18.6. The van der Waals surface area contributed by atoms with Crippen molar-refractivity contribution in [1.82, 2.24) is 4.57 Å². The molecular formula is C44H42ClN2Na2O4+. The summed E-state index contributed by atoms with van der Waals surface area (Å²) in [4.78, 5) is 32.5. The number of rotatable bonds is 11. The quantitative estimate of drug-likeness (QED) is 0.0898. The maximum absolute atomic E-state index is 8.12. The number of hydrogen-bond donors (Lipinski definition) is 0. The monoisotopic (exact) mass is 743 g/mol. The van der Waals surface area contributed by atoms with Gasteiger partial charge in [0.15, 0.2) is 0 Å². The first kappa shape index (κ1) is 44.3. The van der Waals surface area contributed by atoms with Gasteiger partial charge in [0, 0.05) is 51.8 Å². The fraction of sp³-hybridized carbons (Fsp3) is 0.250. The minimum atomic E-state index is 0. The first-order valence-electron chi connectivity index (χ1n) is 17.5. The number of hydrogen-bond acceptors (Lipinski definition) is 4. The number of allylic oxidation sites excluding steroid dienone is 6. The normalized spacial score (nSPS) is 14.5. The van der Waals surface area contributed by atoms with E-state index in [0.717, 1.165) is 75.9 Å². The van der Waals surface area contributed by atoms with E-state index in [1.54, 1.807) is 0 Å². The zero-order valence-electron chi connectivity index (χ0n) is 30.8. The standard InChI is InChI=1S/C42H42ClN2.2CO2.2Na/c1-3-5-7-28-44-36(34-20-10-14-30-16-12-22-38(44)40(30)34)26-24-32-18-9-19-33(42(32)43)25-27-37-35-21-11-15-31-17-13-23-39(41(31)35)45(37)29-8-6-4-2;2*2-1-3;;/h10-17,20-27H,1-9,18-19,28-29H2;;;;/q-1;;;2*+1. The molecule has 0 fully saturated rings. The molecule has 9 heteroatoms. The van der Waals surface area contributed by atoms with Crippen LogP contribution in [-0.2, 0) is 25.7 Å². The third-order valence-electron chi connectivity index (χ3n) is 9.58. The smallest absolute Gasteiger partial charge is 0.343 e. The summed E-state index contributed by atoms with van der Waals surface area (Å²) in [6.45, 7) is 10.1. The molecule has 6 nitrogen and oxygen atoms in total. The second kappa shape index (κ2) is 22.3. The fourth-order valence-electron chi connectivity index (χ4n) is 7.37. The van der Waals surface area contributed by atoms with Gasteiger partial charge < -0.3 is 18.4 Å². The number of aryl methyl sites for hydroxylation is 1. The van der Waals surface area contributed by atoms with Crippen molar-refractivity contribution in [2.45, 2.75) is 64.3 Å². The topological polar surface area (TPSA) is 76.2 Å². The van der Waals surface area contributed by atoms with Gasteiger partial charge in [-0.1, -0.05) is 91.2 Å². The average molecular weight is 744 g/mol. The Labute approximate surface area is 360 Å². The van der Waals surface area contributed by atoms with Gasteiger partial charge in [0.1, 0.15) is 6.54 Å². The number of nitrogens with zero attached hydrogens (tertiary/aromatic N) is 2. The van der Waals surface area contributed by atoms with Crippen molar-refractivity contribution in [3.8, 4) is 0 Å². The molecule has 260 valence electrons. The number of unbranched alkanes of at least 4 members (excludes halogenated alkanes) is 4. The largest absolute Gasteiger partial charge is 1.00 e. The van der Waals surface area contributed by atoms with E-state index in [4.69, 9.17) is 30.8 Å². The molecule has 0 atom stereocenters. The van der Waals surface area contributed by atoms with Gasteiger partial charge in [-0.2, -0.15) is 36.6 Å². The fourth-order valence-corrected chi connectivity index (χ4v) is 7.69. The van der Waals surface area contributed by atoms with Crippen LogP contribution in [0.1, 0.15) is 63.4 Å². The second-order valence-electron chi connectivity index (χ2n) is 12.6. The van der Waals surface area contributed by atoms with Crippen molar-refractivity contribution in [3.63, 3.8) is 0 Å². The summed E-state index contributed by atoms with van der Waals surface area (Å²) in [5.41, 5.74) is 7.67. The molecular weight excluding hydrogens is 702 g/mol. The molecule has 1 aliphatic heterocycles. The predicted octanol–water partition coefficient (Wildman–Crippen LogP) is 3.60. The van der Waals surface area contributed by atoms with Crippen LogP contribution in [0.25, 0.3) is 38.5 Å². The molecule has 1 aromatic heterocycles. The molecule has 0 N–H and O–H groups in total. The zero-order chi connectivity index (χ0) is 36.2. The molecule has 53 heavy (non-hydrogen) atoms. The van der Waals surface area contributed by atoms with Gasteiger partial charge in [-0.05, 0) is 65.8 Å². The maximum atomic E-state index is 8.12. The van der Waals surface area contributed by atoms with Gasteiger partial charge in [0.25, 0.3) is 0 Å². The van der Waals surface area contributed by atoms with Crippen molar-refractivity contribution < 1.29 is 82.9 Å². The Hall–Kier alpha value is -3.12. The van der Waals surface area contributed by atoms with Crippen LogP contribution in [0.3, 0.4) is 0 Å². The van der Waals surface area contributed by atoms with E-state index >= 15 is 0 Å². The van der Waals surface area contributed by atoms with Crippen molar-refractivity contribution >= 4 is 73.8 Å². The zero-order valence-corrected chi connectivity index (χ0v) is 35.6. The van der Waals surface area contributed by atoms with Crippen molar-refractivity contribution in [3.05, 3.63) is 132 Å². The third-order valence-corrected chi connectivity index (χ3v) is 10.1. The number of halogens is 1. The summed E-state index contributed by atoms with van der Waals surface area (Å²) in [6.07, 6.45) is 19.3. The van der Waals surface area contributed by atoms with Crippen LogP contribution in [0.4, 0.5) is 5.69 Å². The average Bonchev–Trinajstić information content (AvgIpc) is 3.62. The van der Waals surface area contributed by atoms with Crippen LogP contribution in [0, 0.1) is 13.8 Å². The summed E-state index contributed by atoms with van der Waals surface area (Å²) in [5.74, 6) is 0. The van der Waals surface area contributed by atoms with E-state index in [1.807, 2.05) is 0 Å². The summed E-state index contributed by atoms with van der Waals surface area (Å²) < 4.78 is 5.01. The third kappa shape index (κ3) is 10.1. The van der Waals surface area contributed by atoms with Crippen molar-refractivity contribution in [1.29, 1.82) is 0 Å². The SMILES string of the molecule is O=C=O.O=C=O.[CH2-]CCCCn1c(=CC=C2CCCC(C=CC3=[N+](CCCC[CH2-])c4cccc5cccc3c45)=C2Cl)c2cccc3cccc1c32.[Na+].[Na+]. The van der Waals surface area contributed by atoms with Gasteiger partial charge in [-0.25, -0.2) is 0 Å². The van der Waals surface area contributed by atoms with Gasteiger partial charge in [-0.15, -0.1) is 0 Å². The predicted molar refractivity (Wildman–Crippen MR) is 204 cm³/mol. The molecule has 0 bridgehead atoms. The second-order valence-corrected chi connectivity index (χ2v) is 13.0. The molecule has 0 unspecified atom stereocenters. The number of aromatic nitrogens is 1. The summed E-state index contributed by atoms with van der Waals surface area (Å²) in [7, 11) is 0. The van der Waals surface area contributed by atoms with Crippen molar-refractivity contribution in [2.24, 2.45) is 0 Å². The molecule has 0 saturated heterocycles. The van der Waals surface area contributed by atoms with Gasteiger partial charge in [-0.3, -0.25) is 0 Å². The van der Waals surface area contributed by atoms with Gasteiger partial charge in [0.05, 0.1) is 10.9 Å². The molecule has 7 rings (SSSR count). The maximum Gasteiger partial charge on any atom is 1.00 e. The first-order chi connectivity index (χ1) is 25.0. The Balaban J connectivity index is 0.000000888. The van der Waals surface area contributed by atoms with E-state index in [9.17, 15) is 0 Å². The Bertz CT molecular complexity index is 2270. The van der Waals surface area contributed by atoms with E-state index in [1.165, 1.54) is 65.9 Å². The van der Waals surface area contributed by atoms with Crippen LogP contribution in [-0.4, -0.2) is 33.7 Å². The summed E-state index contributed by atoms with van der Waals surface area (Å²) in [6, 6.07) is 26.7. The van der Waals surface area contributed by atoms with Crippen LogP contribution in [0.2, 0.25) is 0 Å². The molecule has 1 aliphatic carbocycles. The molecule has 4 aromatic carbocycles. The van der Waals surface area contributed by atoms with Gasteiger partial charge in [0.2, 0.25) is 11.4 Å². The minimum absolute atomic E-state index is 0. The minimum Gasteiger partial charge on any atom is -0.343 e. The number of carbonyl (C=O) groups excluding carboxylic acids is 4. The van der Waals surface area contributed by atoms with Crippen LogP contribution in [0.5, 0.6) is 0 Å². The van der Waals surface area contributed by atoms with E-state index in [0.29, 0.717) is 0 Å². The summed E-state index contributed by atoms with van der Waals surface area (Å²) in [5, 5.41) is 8.81. The molecule has 5 aromatic rings. The van der Waals surface area contributed by atoms with Crippen LogP contribution >= 0.6 is 11.6 Å². The van der Waals surface area contributed by atoms with Crippen LogP contribution in [0.15, 0.2) is 107 Å². The molecule has 0 saturated carbocycles. The van der Waals surface area contributed by atoms with E-state index in [-0.39, 0.29) is 71.4 Å². The van der Waals surface area contributed by atoms with Crippen LogP contribution < -0.4 is 64.5 Å². The molecule has 0 amide bonds. The van der Waals surface area contributed by atoms with E-state index in [2.05, 4.69) is 120 Å². The molecule has 2 aliphatic rings. The molecule has 0 spiro atoms. The molecule has 2 heterocycles. The van der Waals surface area contributed by atoms with Crippen molar-refractivity contribution in [2.75, 3.05) is 6.54 Å². The van der Waals surface area contributed by atoms with Gasteiger partial charge >= 0.3 is 71.4 Å². The Morgan fingerprint density at radius 2 is 1.36 bits per heavy atom. The first-order valence-corrected chi connectivity index (χ1v) is 17.9. The Morgan fingerprint density at radius 3 is 2.06 bits per heavy atom. The summed E-state index contributed by atoms with van der Waals surface area (Å²) >= 11 is 7.22. The molecule has 0 radical (unpaired) electrons.